The molecule has 0 fully saturated rings. The fourth-order valence-corrected chi connectivity index (χ4v) is 1.34. The largest absolute Gasteiger partial charge is 0.425 e. The smallest absolute Gasteiger partial charge is 0.235 e. The molecule has 0 bridgehead atoms. The SMILES string of the molecule is CO[SiH2]C(C)(C)N=C=O. The Morgan fingerprint density at radius 1 is 1.67 bits per heavy atom. The third-order valence-corrected chi connectivity index (χ3v) is 2.00. The topological polar surface area (TPSA) is 38.7 Å². The maximum Gasteiger partial charge on any atom is 0.235 e. The van der Waals surface area contributed by atoms with E-state index in [2.05, 4.69) is 4.99 Å². The second-order valence-electron chi connectivity index (χ2n) is 2.45. The molecule has 3 nitrogen and oxygen atoms in total. The van der Waals surface area contributed by atoms with Crippen molar-refractivity contribution >= 4 is 15.8 Å². The van der Waals surface area contributed by atoms with Crippen LogP contribution < -0.4 is 0 Å². The van der Waals surface area contributed by atoms with E-state index in [1.54, 1.807) is 7.11 Å². The second-order valence-corrected chi connectivity index (χ2v) is 5.05. The standard InChI is InChI=1S/C5H11NO2Si/c1-5(2,6-4-7)9-8-3/h9H2,1-3H3. The van der Waals surface area contributed by atoms with Crippen molar-refractivity contribution in [1.29, 1.82) is 0 Å². The highest BCUT2D eigenvalue weighted by Crippen LogP contribution is 2.03. The highest BCUT2D eigenvalue weighted by atomic mass is 28.2. The normalized spacial score (nSPS) is 11.9. The van der Waals surface area contributed by atoms with Gasteiger partial charge in [0.05, 0.1) is 5.16 Å². The van der Waals surface area contributed by atoms with Crippen LogP contribution in [0.2, 0.25) is 0 Å². The van der Waals surface area contributed by atoms with Gasteiger partial charge in [0.25, 0.3) is 0 Å². The summed E-state index contributed by atoms with van der Waals surface area (Å²) in [4.78, 5) is 13.3. The summed E-state index contributed by atoms with van der Waals surface area (Å²) < 4.78 is 4.93. The Labute approximate surface area is 57.1 Å². The average molecular weight is 145 g/mol. The van der Waals surface area contributed by atoms with Crippen molar-refractivity contribution in [2.24, 2.45) is 4.99 Å². The van der Waals surface area contributed by atoms with Gasteiger partial charge in [0, 0.05) is 7.11 Å². The van der Waals surface area contributed by atoms with Crippen LogP contribution in [0.25, 0.3) is 0 Å². The van der Waals surface area contributed by atoms with E-state index in [9.17, 15) is 4.79 Å². The molecular formula is C5H11NO2Si. The van der Waals surface area contributed by atoms with Gasteiger partial charge in [-0.2, -0.15) is 0 Å². The number of aliphatic imine (C=N–C) groups is 1. The van der Waals surface area contributed by atoms with Gasteiger partial charge < -0.3 is 4.43 Å². The molecule has 4 heteroatoms. The molecule has 0 unspecified atom stereocenters. The van der Waals surface area contributed by atoms with E-state index in [0.717, 1.165) is 0 Å². The van der Waals surface area contributed by atoms with E-state index in [1.165, 1.54) is 6.08 Å². The monoisotopic (exact) mass is 145 g/mol. The molecule has 52 valence electrons. The molecule has 9 heavy (non-hydrogen) atoms. The lowest BCUT2D eigenvalue weighted by Crippen LogP contribution is -2.26. The van der Waals surface area contributed by atoms with Crippen molar-refractivity contribution in [1.82, 2.24) is 0 Å². The van der Waals surface area contributed by atoms with Crippen LogP contribution in [0.5, 0.6) is 0 Å². The first-order valence-corrected chi connectivity index (χ1v) is 3.99. The second kappa shape index (κ2) is 3.56. The van der Waals surface area contributed by atoms with Gasteiger partial charge in [-0.15, -0.1) is 0 Å². The molecule has 0 aromatic heterocycles. The van der Waals surface area contributed by atoms with E-state index < -0.39 is 9.76 Å². The third-order valence-electron chi connectivity index (χ3n) is 0.846. The van der Waals surface area contributed by atoms with Gasteiger partial charge in [-0.1, -0.05) is 0 Å². The summed E-state index contributed by atoms with van der Waals surface area (Å²) in [6.07, 6.45) is 1.52. The summed E-state index contributed by atoms with van der Waals surface area (Å²) in [5.74, 6) is 0. The van der Waals surface area contributed by atoms with Crippen molar-refractivity contribution in [3.8, 4) is 0 Å². The summed E-state index contributed by atoms with van der Waals surface area (Å²) in [5, 5.41) is -0.281. The number of nitrogens with zero attached hydrogens (tertiary/aromatic N) is 1. The Morgan fingerprint density at radius 3 is 2.56 bits per heavy atom. The fourth-order valence-electron chi connectivity index (χ4n) is 0.509. The van der Waals surface area contributed by atoms with E-state index in [4.69, 9.17) is 4.43 Å². The van der Waals surface area contributed by atoms with Crippen molar-refractivity contribution in [2.45, 2.75) is 19.0 Å². The van der Waals surface area contributed by atoms with Gasteiger partial charge in [-0.25, -0.2) is 9.79 Å². The number of rotatable bonds is 3. The van der Waals surface area contributed by atoms with Crippen LogP contribution in [0.3, 0.4) is 0 Å². The Hall–Kier alpha value is -0.443. The van der Waals surface area contributed by atoms with Crippen molar-refractivity contribution < 1.29 is 9.22 Å². The Bertz CT molecular complexity index is 129. The zero-order valence-electron chi connectivity index (χ0n) is 5.97. The number of hydrogen-bond donors (Lipinski definition) is 0. The van der Waals surface area contributed by atoms with Gasteiger partial charge in [0.1, 0.15) is 0 Å². The summed E-state index contributed by atoms with van der Waals surface area (Å²) in [6.45, 7) is 3.74. The minimum absolute atomic E-state index is 0.281. The highest BCUT2D eigenvalue weighted by Gasteiger charge is 2.15. The molecular weight excluding hydrogens is 134 g/mol. The quantitative estimate of drug-likeness (QED) is 0.313. The summed E-state index contributed by atoms with van der Waals surface area (Å²) in [7, 11) is 0.943. The minimum Gasteiger partial charge on any atom is -0.425 e. The first-order valence-electron chi connectivity index (χ1n) is 2.70. The molecule has 0 aliphatic rings. The van der Waals surface area contributed by atoms with E-state index >= 15 is 0 Å². The predicted octanol–water partition coefficient (Wildman–Crippen LogP) is -0.212. The van der Waals surface area contributed by atoms with Gasteiger partial charge >= 0.3 is 0 Å². The van der Waals surface area contributed by atoms with Gasteiger partial charge in [-0.05, 0) is 13.8 Å². The van der Waals surface area contributed by atoms with Crippen LogP contribution in [-0.2, 0) is 9.22 Å². The molecule has 0 N–H and O–H groups in total. The maximum atomic E-state index is 9.77. The molecule has 0 heterocycles. The lowest BCUT2D eigenvalue weighted by Gasteiger charge is -2.13. The third kappa shape index (κ3) is 4.09. The van der Waals surface area contributed by atoms with Crippen molar-refractivity contribution in [3.05, 3.63) is 0 Å². The van der Waals surface area contributed by atoms with Gasteiger partial charge in [0.2, 0.25) is 6.08 Å². The van der Waals surface area contributed by atoms with Crippen LogP contribution >= 0.6 is 0 Å². The minimum atomic E-state index is -0.691. The van der Waals surface area contributed by atoms with Crippen LogP contribution in [0.1, 0.15) is 13.8 Å². The molecule has 0 aliphatic carbocycles. The van der Waals surface area contributed by atoms with Gasteiger partial charge in [0.15, 0.2) is 9.76 Å². The van der Waals surface area contributed by atoms with E-state index in [-0.39, 0.29) is 5.16 Å². The summed E-state index contributed by atoms with van der Waals surface area (Å²) in [6, 6.07) is 0. The van der Waals surface area contributed by atoms with Crippen LogP contribution in [0, 0.1) is 0 Å². The number of carbonyl (C=O) groups excluding carboxylic acids is 1. The van der Waals surface area contributed by atoms with Crippen LogP contribution in [0.4, 0.5) is 0 Å². The number of hydrogen-bond acceptors (Lipinski definition) is 3. The molecule has 0 saturated carbocycles. The summed E-state index contributed by atoms with van der Waals surface area (Å²) >= 11 is 0. The van der Waals surface area contributed by atoms with Gasteiger partial charge in [-0.3, -0.25) is 0 Å². The fraction of sp³-hybridized carbons (Fsp3) is 0.800. The van der Waals surface area contributed by atoms with E-state index in [1.807, 2.05) is 13.8 Å². The molecule has 0 amide bonds. The molecule has 0 aromatic rings. The molecule has 0 rings (SSSR count). The molecule has 0 aromatic carbocycles. The van der Waals surface area contributed by atoms with Crippen LogP contribution in [-0.4, -0.2) is 28.1 Å². The van der Waals surface area contributed by atoms with Crippen molar-refractivity contribution in [2.75, 3.05) is 7.11 Å². The molecule has 0 saturated heterocycles. The maximum absolute atomic E-state index is 9.77. The van der Waals surface area contributed by atoms with E-state index in [0.29, 0.717) is 0 Å². The zero-order chi connectivity index (χ0) is 7.33. The Kier molecular flexibility index (Phi) is 3.38. The van der Waals surface area contributed by atoms with Crippen LogP contribution in [0.15, 0.2) is 4.99 Å². The lowest BCUT2D eigenvalue weighted by atomic mass is 10.4. The lowest BCUT2D eigenvalue weighted by molar-refractivity contribution is 0.414. The highest BCUT2D eigenvalue weighted by molar-refractivity contribution is 6.32. The molecule has 0 aliphatic heterocycles. The molecule has 0 radical (unpaired) electrons. The molecule has 0 atom stereocenters. The zero-order valence-corrected chi connectivity index (χ0v) is 7.39. The average Bonchev–Trinajstić information content (AvgIpc) is 1.64. The Morgan fingerprint density at radius 2 is 2.22 bits per heavy atom. The molecule has 0 spiro atoms. The number of isocyanates is 1. The first kappa shape index (κ1) is 8.56. The van der Waals surface area contributed by atoms with Crippen molar-refractivity contribution in [3.63, 3.8) is 0 Å². The summed E-state index contributed by atoms with van der Waals surface area (Å²) in [5.41, 5.74) is 0. The first-order chi connectivity index (χ1) is 4.12. The predicted molar refractivity (Wildman–Crippen MR) is 37.8 cm³/mol. The Balaban J connectivity index is 3.85.